The number of nitrogens with zero attached hydrogens (tertiary/aromatic N) is 1. The molecule has 4 rings (SSSR count). The van der Waals surface area contributed by atoms with Gasteiger partial charge in [-0.25, -0.2) is 14.2 Å². The lowest BCUT2D eigenvalue weighted by atomic mass is 10.1. The van der Waals surface area contributed by atoms with Crippen LogP contribution >= 0.6 is 11.3 Å². The molecular weight excluding hydrogens is 429 g/mol. The lowest BCUT2D eigenvalue weighted by Crippen LogP contribution is -2.30. The quantitative estimate of drug-likeness (QED) is 0.333. The predicted molar refractivity (Wildman–Crippen MR) is 125 cm³/mol. The fourth-order valence-corrected chi connectivity index (χ4v) is 4.31. The van der Waals surface area contributed by atoms with E-state index in [9.17, 15) is 19.4 Å². The van der Waals surface area contributed by atoms with Crippen molar-refractivity contribution in [1.29, 1.82) is 0 Å². The molecule has 164 valence electrons. The molecule has 0 fully saturated rings. The van der Waals surface area contributed by atoms with Gasteiger partial charge in [-0.05, 0) is 66.9 Å². The van der Waals surface area contributed by atoms with Crippen molar-refractivity contribution in [3.8, 4) is 16.3 Å². The normalized spacial score (nSPS) is 11.0. The summed E-state index contributed by atoms with van der Waals surface area (Å²) in [6, 6.07) is 14.9. The molecule has 1 aromatic heterocycles. The first-order valence-corrected chi connectivity index (χ1v) is 10.9. The number of halogens is 1. The molecule has 0 saturated heterocycles. The molecule has 0 aliphatic heterocycles. The number of hydrogen-bond acceptors (Lipinski definition) is 5. The predicted octanol–water partition coefficient (Wildman–Crippen LogP) is 4.97. The van der Waals surface area contributed by atoms with E-state index in [2.05, 4.69) is 15.6 Å². The van der Waals surface area contributed by atoms with Gasteiger partial charge in [0.05, 0.1) is 16.8 Å². The second-order valence-electron chi connectivity index (χ2n) is 7.41. The lowest BCUT2D eigenvalue weighted by molar-refractivity contribution is 0.252. The summed E-state index contributed by atoms with van der Waals surface area (Å²) in [7, 11) is 0. The highest BCUT2D eigenvalue weighted by Crippen LogP contribution is 2.32. The highest BCUT2D eigenvalue weighted by molar-refractivity contribution is 7.21. The summed E-state index contributed by atoms with van der Waals surface area (Å²) in [4.78, 5) is 16.8. The van der Waals surface area contributed by atoms with Crippen LogP contribution in [0.25, 0.3) is 20.8 Å². The topological polar surface area (TPSA) is 94.5 Å². The first-order chi connectivity index (χ1) is 15.4. The van der Waals surface area contributed by atoms with Crippen LogP contribution in [0.1, 0.15) is 16.7 Å². The monoisotopic (exact) mass is 451 g/mol. The third-order valence-electron chi connectivity index (χ3n) is 5.08. The Morgan fingerprint density at radius 2 is 1.97 bits per heavy atom. The van der Waals surface area contributed by atoms with Crippen molar-refractivity contribution in [2.75, 3.05) is 11.9 Å². The van der Waals surface area contributed by atoms with E-state index >= 15 is 0 Å². The molecule has 6 nitrogen and oxygen atoms in total. The summed E-state index contributed by atoms with van der Waals surface area (Å²) in [5.41, 5.74) is 4.47. The Kier molecular flexibility index (Phi) is 6.34. The standard InChI is InChI=1S/C24H22FN3O3S/c1-14-10-16(23-27-20-12-18(25)4-7-22(20)32-23)3-5-19(14)28-24(31)26-9-8-15-2-6-21(30)17(11-15)13-29/h2-7,10-12,29-30H,8-9,13H2,1H3,(H2,26,28,31). The number of aromatic hydroxyl groups is 1. The number of phenols is 1. The number of aliphatic hydroxyl groups is 1. The van der Waals surface area contributed by atoms with Crippen molar-refractivity contribution in [2.45, 2.75) is 20.0 Å². The number of amides is 2. The maximum atomic E-state index is 13.4. The van der Waals surface area contributed by atoms with E-state index in [0.29, 0.717) is 29.7 Å². The molecule has 0 spiro atoms. The number of fused-ring (bicyclic) bond motifs is 1. The zero-order chi connectivity index (χ0) is 22.7. The van der Waals surface area contributed by atoms with E-state index in [1.54, 1.807) is 18.2 Å². The zero-order valence-corrected chi connectivity index (χ0v) is 18.2. The van der Waals surface area contributed by atoms with Gasteiger partial charge in [-0.2, -0.15) is 0 Å². The van der Waals surface area contributed by atoms with Crippen molar-refractivity contribution < 1.29 is 19.4 Å². The van der Waals surface area contributed by atoms with Crippen molar-refractivity contribution in [3.63, 3.8) is 0 Å². The molecule has 2 amide bonds. The van der Waals surface area contributed by atoms with Gasteiger partial charge in [-0.15, -0.1) is 11.3 Å². The van der Waals surface area contributed by atoms with Crippen molar-refractivity contribution in [3.05, 3.63) is 77.1 Å². The van der Waals surface area contributed by atoms with Gasteiger partial charge in [0.1, 0.15) is 16.6 Å². The Bertz CT molecular complexity index is 1290. The summed E-state index contributed by atoms with van der Waals surface area (Å²) < 4.78 is 14.3. The average Bonchev–Trinajstić information content (AvgIpc) is 3.19. The maximum Gasteiger partial charge on any atom is 0.319 e. The molecule has 32 heavy (non-hydrogen) atoms. The highest BCUT2D eigenvalue weighted by atomic mass is 32.1. The van der Waals surface area contributed by atoms with Crippen molar-refractivity contribution >= 4 is 33.3 Å². The fourth-order valence-electron chi connectivity index (χ4n) is 3.37. The minimum Gasteiger partial charge on any atom is -0.508 e. The van der Waals surface area contributed by atoms with Gasteiger partial charge in [-0.3, -0.25) is 0 Å². The first kappa shape index (κ1) is 21.7. The number of nitrogens with one attached hydrogen (secondary N) is 2. The molecule has 8 heteroatoms. The molecule has 1 heterocycles. The molecule has 0 radical (unpaired) electrons. The molecule has 4 N–H and O–H groups in total. The third-order valence-corrected chi connectivity index (χ3v) is 6.17. The summed E-state index contributed by atoms with van der Waals surface area (Å²) in [5.74, 6) is -0.255. The van der Waals surface area contributed by atoms with E-state index in [1.165, 1.54) is 29.5 Å². The van der Waals surface area contributed by atoms with Gasteiger partial charge in [0.2, 0.25) is 0 Å². The van der Waals surface area contributed by atoms with E-state index < -0.39 is 0 Å². The molecule has 0 saturated carbocycles. The van der Waals surface area contributed by atoms with Gasteiger partial charge in [0, 0.05) is 29.4 Å². The number of benzene rings is 3. The number of aliphatic hydroxyl groups excluding tert-OH is 1. The van der Waals surface area contributed by atoms with Crippen molar-refractivity contribution in [1.82, 2.24) is 10.3 Å². The number of urea groups is 1. The fraction of sp³-hybridized carbons (Fsp3) is 0.167. The van der Waals surface area contributed by atoms with E-state index in [0.717, 1.165) is 26.4 Å². The number of hydrogen-bond donors (Lipinski definition) is 4. The Morgan fingerprint density at radius 1 is 1.12 bits per heavy atom. The van der Waals surface area contributed by atoms with Crippen LogP contribution in [0.5, 0.6) is 5.75 Å². The van der Waals surface area contributed by atoms with Crippen LogP contribution in [0.4, 0.5) is 14.9 Å². The molecule has 0 unspecified atom stereocenters. The Labute approximate surface area is 188 Å². The number of carbonyl (C=O) groups is 1. The summed E-state index contributed by atoms with van der Waals surface area (Å²) in [5, 5.41) is 25.3. The number of anilines is 1. The number of aryl methyl sites for hydroxylation is 1. The molecule has 4 aromatic rings. The van der Waals surface area contributed by atoms with Crippen molar-refractivity contribution in [2.24, 2.45) is 0 Å². The Morgan fingerprint density at radius 3 is 2.75 bits per heavy atom. The molecular formula is C24H22FN3O3S. The van der Waals surface area contributed by atoms with Crippen LogP contribution in [-0.4, -0.2) is 27.8 Å². The number of rotatable bonds is 6. The van der Waals surface area contributed by atoms with Gasteiger partial charge >= 0.3 is 6.03 Å². The third kappa shape index (κ3) is 4.87. The summed E-state index contributed by atoms with van der Waals surface area (Å²) in [6.07, 6.45) is 0.566. The Balaban J connectivity index is 1.37. The molecule has 0 aliphatic rings. The number of aromatic nitrogens is 1. The van der Waals surface area contributed by atoms with Crippen LogP contribution in [0.15, 0.2) is 54.6 Å². The Hall–Kier alpha value is -3.49. The minimum atomic E-state index is -0.322. The van der Waals surface area contributed by atoms with Crippen LogP contribution in [0, 0.1) is 12.7 Å². The second kappa shape index (κ2) is 9.33. The SMILES string of the molecule is Cc1cc(-c2nc3cc(F)ccc3s2)ccc1NC(=O)NCCc1ccc(O)c(CO)c1. The van der Waals surface area contributed by atoms with E-state index in [1.807, 2.05) is 25.1 Å². The largest absolute Gasteiger partial charge is 0.508 e. The lowest BCUT2D eigenvalue weighted by Gasteiger charge is -2.11. The highest BCUT2D eigenvalue weighted by Gasteiger charge is 2.10. The van der Waals surface area contributed by atoms with Crippen LogP contribution < -0.4 is 10.6 Å². The minimum absolute atomic E-state index is 0.0545. The molecule has 0 aliphatic carbocycles. The zero-order valence-electron chi connectivity index (χ0n) is 17.4. The summed E-state index contributed by atoms with van der Waals surface area (Å²) >= 11 is 1.49. The smallest absolute Gasteiger partial charge is 0.319 e. The first-order valence-electron chi connectivity index (χ1n) is 10.1. The summed E-state index contributed by atoms with van der Waals surface area (Å²) in [6.45, 7) is 2.07. The second-order valence-corrected chi connectivity index (χ2v) is 8.44. The van der Waals surface area contributed by atoms with Gasteiger partial charge in [0.15, 0.2) is 0 Å². The number of thiazole rings is 1. The van der Waals surface area contributed by atoms with Gasteiger partial charge < -0.3 is 20.8 Å². The van der Waals surface area contributed by atoms with E-state index in [4.69, 9.17) is 0 Å². The van der Waals surface area contributed by atoms with Gasteiger partial charge in [0.25, 0.3) is 0 Å². The van der Waals surface area contributed by atoms with Gasteiger partial charge in [-0.1, -0.05) is 6.07 Å². The molecule has 3 aromatic carbocycles. The number of carbonyl (C=O) groups excluding carboxylic acids is 1. The van der Waals surface area contributed by atoms with E-state index in [-0.39, 0.29) is 24.2 Å². The van der Waals surface area contributed by atoms with Crippen LogP contribution in [0.2, 0.25) is 0 Å². The average molecular weight is 452 g/mol. The van der Waals surface area contributed by atoms with Crippen LogP contribution in [0.3, 0.4) is 0 Å². The maximum absolute atomic E-state index is 13.4. The van der Waals surface area contributed by atoms with Crippen LogP contribution in [-0.2, 0) is 13.0 Å². The molecule has 0 bridgehead atoms. The molecule has 0 atom stereocenters.